The first-order chi connectivity index (χ1) is 18.3. The van der Waals surface area contributed by atoms with Crippen molar-refractivity contribution in [2.45, 2.75) is 6.42 Å². The van der Waals surface area contributed by atoms with E-state index >= 15 is 0 Å². The molecule has 0 amide bonds. The molecule has 9 rings (SSSR count). The number of benzene rings is 4. The fourth-order valence-corrected chi connectivity index (χ4v) is 6.43. The van der Waals surface area contributed by atoms with Gasteiger partial charge in [0.1, 0.15) is 5.65 Å². The third-order valence-electron chi connectivity index (χ3n) is 8.01. The number of hydrogen-bond donors (Lipinski definition) is 0. The lowest BCUT2D eigenvalue weighted by Gasteiger charge is -2.10. The van der Waals surface area contributed by atoms with E-state index in [1.54, 1.807) is 0 Å². The van der Waals surface area contributed by atoms with E-state index in [-0.39, 0.29) is 0 Å². The Kier molecular flexibility index (Phi) is 3.55. The highest BCUT2D eigenvalue weighted by Crippen LogP contribution is 2.44. The van der Waals surface area contributed by atoms with Crippen LogP contribution >= 0.6 is 0 Å². The number of rotatable bonds is 1. The lowest BCUT2D eigenvalue weighted by Crippen LogP contribution is -1.93. The van der Waals surface area contributed by atoms with Crippen LogP contribution in [0.1, 0.15) is 11.1 Å². The van der Waals surface area contributed by atoms with Crippen molar-refractivity contribution < 1.29 is 0 Å². The third-order valence-corrected chi connectivity index (χ3v) is 8.01. The molecule has 1 aliphatic rings. The summed E-state index contributed by atoms with van der Waals surface area (Å²) in [7, 11) is 0. The Morgan fingerprint density at radius 2 is 1.35 bits per heavy atom. The summed E-state index contributed by atoms with van der Waals surface area (Å²) in [6.45, 7) is 0. The van der Waals surface area contributed by atoms with Gasteiger partial charge in [-0.1, -0.05) is 36.4 Å². The minimum Gasteiger partial charge on any atom is -0.309 e. The van der Waals surface area contributed by atoms with Crippen molar-refractivity contribution in [2.24, 2.45) is 0 Å². The highest BCUT2D eigenvalue weighted by Gasteiger charge is 2.24. The van der Waals surface area contributed by atoms with Crippen molar-refractivity contribution >= 4 is 49.3 Å². The zero-order chi connectivity index (χ0) is 24.1. The van der Waals surface area contributed by atoms with E-state index in [2.05, 4.69) is 93.9 Å². The minimum absolute atomic E-state index is 0.917. The molecule has 0 unspecified atom stereocenters. The van der Waals surface area contributed by atoms with Crippen LogP contribution in [0.25, 0.3) is 66.1 Å². The van der Waals surface area contributed by atoms with Crippen molar-refractivity contribution in [3.63, 3.8) is 0 Å². The van der Waals surface area contributed by atoms with Crippen LogP contribution in [0.3, 0.4) is 0 Å². The SMILES string of the molecule is c1ccc(-n2c3ccccc3c3cc4c(cc32)Cc2cc3c(cc2-4)c2ncccc2n2ccnc32)cc1. The summed E-state index contributed by atoms with van der Waals surface area (Å²) in [5, 5.41) is 4.89. The van der Waals surface area contributed by atoms with Gasteiger partial charge in [0.15, 0.2) is 0 Å². The average molecular weight is 473 g/mol. The van der Waals surface area contributed by atoms with Crippen LogP contribution in [0.15, 0.2) is 110 Å². The number of para-hydroxylation sites is 2. The molecular formula is C33H20N4. The number of aromatic nitrogens is 4. The van der Waals surface area contributed by atoms with Gasteiger partial charge in [-0.2, -0.15) is 0 Å². The fraction of sp³-hybridized carbons (Fsp3) is 0.0303. The van der Waals surface area contributed by atoms with Crippen molar-refractivity contribution in [3.05, 3.63) is 121 Å². The zero-order valence-corrected chi connectivity index (χ0v) is 19.9. The van der Waals surface area contributed by atoms with Gasteiger partial charge in [0.2, 0.25) is 0 Å². The number of fused-ring (bicyclic) bond motifs is 12. The fourth-order valence-electron chi connectivity index (χ4n) is 6.43. The molecular weight excluding hydrogens is 452 g/mol. The largest absolute Gasteiger partial charge is 0.309 e. The molecule has 0 saturated heterocycles. The summed E-state index contributed by atoms with van der Waals surface area (Å²) in [4.78, 5) is 9.52. The molecule has 37 heavy (non-hydrogen) atoms. The molecule has 1 aliphatic carbocycles. The molecule has 8 aromatic rings. The van der Waals surface area contributed by atoms with Gasteiger partial charge >= 0.3 is 0 Å². The summed E-state index contributed by atoms with van der Waals surface area (Å²) in [5.41, 5.74) is 12.1. The Balaban J connectivity index is 1.38. The second-order valence-electron chi connectivity index (χ2n) is 9.94. The maximum atomic E-state index is 4.80. The predicted octanol–water partition coefficient (Wildman–Crippen LogP) is 7.70. The van der Waals surface area contributed by atoms with E-state index in [0.717, 1.165) is 33.9 Å². The number of pyridine rings is 2. The smallest absolute Gasteiger partial charge is 0.145 e. The van der Waals surface area contributed by atoms with Gasteiger partial charge in [0.25, 0.3) is 0 Å². The number of hydrogen-bond acceptors (Lipinski definition) is 2. The van der Waals surface area contributed by atoms with E-state index in [0.29, 0.717) is 0 Å². The summed E-state index contributed by atoms with van der Waals surface area (Å²) in [6, 6.07) is 33.0. The molecule has 0 atom stereocenters. The second kappa shape index (κ2) is 6.83. The Morgan fingerprint density at radius 1 is 0.568 bits per heavy atom. The number of nitrogens with zero attached hydrogens (tertiary/aromatic N) is 4. The van der Waals surface area contributed by atoms with Crippen LogP contribution in [0.4, 0.5) is 0 Å². The molecule has 0 N–H and O–H groups in total. The van der Waals surface area contributed by atoms with Crippen LogP contribution in [-0.4, -0.2) is 18.9 Å². The van der Waals surface area contributed by atoms with Crippen LogP contribution in [0.2, 0.25) is 0 Å². The standard InChI is InChI=1S/C33H20N4/c1-2-7-22(8-3-1)37-29-10-5-4-9-23(29)26-18-24-21(17-31(26)37)15-20-16-28-27(19-25(20)24)32-30(11-6-12-34-32)36-14-13-35-33(28)36/h1-14,16-19H,15H2. The molecule has 4 aromatic heterocycles. The molecule has 0 spiro atoms. The van der Waals surface area contributed by atoms with E-state index in [1.165, 1.54) is 49.7 Å². The first-order valence-electron chi connectivity index (χ1n) is 12.6. The minimum atomic E-state index is 0.917. The van der Waals surface area contributed by atoms with Crippen molar-refractivity contribution in [1.82, 2.24) is 18.9 Å². The van der Waals surface area contributed by atoms with Crippen LogP contribution in [-0.2, 0) is 6.42 Å². The Bertz CT molecular complexity index is 2220. The van der Waals surface area contributed by atoms with Crippen molar-refractivity contribution in [2.75, 3.05) is 0 Å². The molecule has 4 nitrogen and oxygen atoms in total. The van der Waals surface area contributed by atoms with Gasteiger partial charge in [-0.15, -0.1) is 0 Å². The highest BCUT2D eigenvalue weighted by molar-refractivity contribution is 6.14. The average Bonchev–Trinajstić information content (AvgIpc) is 3.65. The van der Waals surface area contributed by atoms with Gasteiger partial charge in [0, 0.05) is 45.8 Å². The summed E-state index contributed by atoms with van der Waals surface area (Å²) < 4.78 is 4.55. The molecule has 0 saturated carbocycles. The van der Waals surface area contributed by atoms with Crippen LogP contribution in [0.5, 0.6) is 0 Å². The Morgan fingerprint density at radius 3 is 2.27 bits per heavy atom. The Labute approximate surface area is 212 Å². The van der Waals surface area contributed by atoms with Gasteiger partial charge in [-0.25, -0.2) is 4.98 Å². The normalized spacial score (nSPS) is 12.8. The maximum absolute atomic E-state index is 4.80. The lowest BCUT2D eigenvalue weighted by atomic mass is 9.99. The molecule has 4 heteroatoms. The maximum Gasteiger partial charge on any atom is 0.145 e. The monoisotopic (exact) mass is 472 g/mol. The van der Waals surface area contributed by atoms with E-state index in [1.807, 2.05) is 24.7 Å². The molecule has 4 aromatic carbocycles. The summed E-state index contributed by atoms with van der Waals surface area (Å²) >= 11 is 0. The van der Waals surface area contributed by atoms with Gasteiger partial charge in [0.05, 0.1) is 22.1 Å². The van der Waals surface area contributed by atoms with Crippen molar-refractivity contribution in [3.8, 4) is 16.8 Å². The van der Waals surface area contributed by atoms with Crippen LogP contribution < -0.4 is 0 Å². The van der Waals surface area contributed by atoms with E-state index in [9.17, 15) is 0 Å². The molecule has 4 heterocycles. The summed E-state index contributed by atoms with van der Waals surface area (Å²) in [5.74, 6) is 0. The number of imidazole rings is 1. The zero-order valence-electron chi connectivity index (χ0n) is 19.9. The Hall–Kier alpha value is -4.96. The van der Waals surface area contributed by atoms with Gasteiger partial charge < -0.3 is 4.57 Å². The molecule has 0 radical (unpaired) electrons. The lowest BCUT2D eigenvalue weighted by molar-refractivity contribution is 1.17. The van der Waals surface area contributed by atoms with Crippen LogP contribution in [0, 0.1) is 0 Å². The molecule has 0 bridgehead atoms. The van der Waals surface area contributed by atoms with Gasteiger partial charge in [-0.3, -0.25) is 9.38 Å². The topological polar surface area (TPSA) is 35.1 Å². The second-order valence-corrected chi connectivity index (χ2v) is 9.94. The quantitative estimate of drug-likeness (QED) is 0.229. The summed E-state index contributed by atoms with van der Waals surface area (Å²) in [6.07, 6.45) is 6.71. The van der Waals surface area contributed by atoms with E-state index in [4.69, 9.17) is 9.97 Å². The first-order valence-corrected chi connectivity index (χ1v) is 12.6. The van der Waals surface area contributed by atoms with Gasteiger partial charge in [-0.05, 0) is 83.3 Å². The molecule has 0 aliphatic heterocycles. The molecule has 172 valence electrons. The third kappa shape index (κ3) is 2.47. The van der Waals surface area contributed by atoms with Crippen molar-refractivity contribution in [1.29, 1.82) is 0 Å². The highest BCUT2D eigenvalue weighted by atomic mass is 15.0. The first kappa shape index (κ1) is 19.3. The molecule has 0 fully saturated rings. The van der Waals surface area contributed by atoms with E-state index < -0.39 is 0 Å². The predicted molar refractivity (Wildman–Crippen MR) is 151 cm³/mol.